The van der Waals surface area contributed by atoms with E-state index in [9.17, 15) is 9.59 Å². The van der Waals surface area contributed by atoms with E-state index in [1.807, 2.05) is 19.1 Å². The molecule has 0 heterocycles. The summed E-state index contributed by atoms with van der Waals surface area (Å²) in [5.41, 5.74) is 3.03. The Bertz CT molecular complexity index is 511. The van der Waals surface area contributed by atoms with Crippen molar-refractivity contribution in [2.45, 2.75) is 46.0 Å². The first kappa shape index (κ1) is 17.5. The number of benzene rings is 1. The highest BCUT2D eigenvalue weighted by Gasteiger charge is 2.09. The summed E-state index contributed by atoms with van der Waals surface area (Å²) in [6.07, 6.45) is 2.27. The summed E-state index contributed by atoms with van der Waals surface area (Å²) in [4.78, 5) is 22.0. The number of rotatable bonds is 8. The third-order valence-corrected chi connectivity index (χ3v) is 3.60. The van der Waals surface area contributed by atoms with Gasteiger partial charge in [-0.3, -0.25) is 9.59 Å². The second kappa shape index (κ2) is 8.67. The minimum atomic E-state index is -0.788. The number of carboxylic acid groups (broad SMARTS) is 1. The highest BCUT2D eigenvalue weighted by molar-refractivity contribution is 6.31. The molecular formula is C16H21ClO4. The number of esters is 1. The van der Waals surface area contributed by atoms with Crippen molar-refractivity contribution in [2.24, 2.45) is 0 Å². The normalized spacial score (nSPS) is 10.4. The Morgan fingerprint density at radius 3 is 2.52 bits per heavy atom. The molecule has 0 aliphatic carbocycles. The summed E-state index contributed by atoms with van der Waals surface area (Å²) >= 11 is 6.20. The lowest BCUT2D eigenvalue weighted by molar-refractivity contribution is -0.143. The summed E-state index contributed by atoms with van der Waals surface area (Å²) in [5, 5.41) is 9.32. The van der Waals surface area contributed by atoms with Crippen LogP contribution < -0.4 is 0 Å². The number of hydrogen-bond acceptors (Lipinski definition) is 3. The number of carbonyl (C=O) groups is 2. The number of aryl methyl sites for hydroxylation is 3. The third-order valence-electron chi connectivity index (χ3n) is 3.25. The maximum atomic E-state index is 11.4. The van der Waals surface area contributed by atoms with E-state index in [4.69, 9.17) is 21.4 Å². The quantitative estimate of drug-likeness (QED) is 0.746. The van der Waals surface area contributed by atoms with Crippen molar-refractivity contribution < 1.29 is 19.4 Å². The molecule has 0 spiro atoms. The average Bonchev–Trinajstić information content (AvgIpc) is 2.40. The number of halogens is 1. The van der Waals surface area contributed by atoms with Crippen molar-refractivity contribution >= 4 is 23.5 Å². The maximum Gasteiger partial charge on any atom is 0.306 e. The number of carboxylic acids is 1. The Labute approximate surface area is 130 Å². The van der Waals surface area contributed by atoms with Gasteiger partial charge in [0.2, 0.25) is 0 Å². The first-order chi connectivity index (χ1) is 9.93. The van der Waals surface area contributed by atoms with Gasteiger partial charge in [0.25, 0.3) is 0 Å². The Kier molecular flexibility index (Phi) is 7.23. The lowest BCUT2D eigenvalue weighted by Crippen LogP contribution is -2.06. The molecule has 1 rings (SSSR count). The van der Waals surface area contributed by atoms with Crippen LogP contribution in [0, 0.1) is 6.92 Å². The van der Waals surface area contributed by atoms with Crippen molar-refractivity contribution in [3.8, 4) is 0 Å². The van der Waals surface area contributed by atoms with E-state index in [0.29, 0.717) is 37.3 Å². The Hall–Kier alpha value is -1.55. The van der Waals surface area contributed by atoms with Crippen molar-refractivity contribution in [3.05, 3.63) is 33.8 Å². The topological polar surface area (TPSA) is 63.6 Å². The standard InChI is InChI=1S/C16H21ClO4/c1-3-21-16(20)8-7-13-10-12(5-4-6-15(18)19)11(2)9-14(13)17/h9-10H,3-8H2,1-2H3,(H,18,19). The first-order valence-electron chi connectivity index (χ1n) is 7.09. The van der Waals surface area contributed by atoms with Crippen LogP contribution in [-0.2, 0) is 27.2 Å². The predicted molar refractivity (Wildman–Crippen MR) is 81.7 cm³/mol. The lowest BCUT2D eigenvalue weighted by atomic mass is 9.98. The van der Waals surface area contributed by atoms with E-state index in [-0.39, 0.29) is 12.4 Å². The van der Waals surface area contributed by atoms with Crippen LogP contribution >= 0.6 is 11.6 Å². The monoisotopic (exact) mass is 312 g/mol. The van der Waals surface area contributed by atoms with E-state index in [2.05, 4.69) is 0 Å². The molecule has 4 nitrogen and oxygen atoms in total. The Balaban J connectivity index is 2.71. The average molecular weight is 313 g/mol. The molecule has 0 aromatic heterocycles. The third kappa shape index (κ3) is 6.17. The molecular weight excluding hydrogens is 292 g/mol. The molecule has 21 heavy (non-hydrogen) atoms. The second-order valence-electron chi connectivity index (χ2n) is 4.92. The van der Waals surface area contributed by atoms with Crippen LogP contribution in [0.3, 0.4) is 0 Å². The summed E-state index contributed by atoms with van der Waals surface area (Å²) in [6.45, 7) is 4.11. The molecule has 1 N–H and O–H groups in total. The molecule has 0 radical (unpaired) electrons. The Morgan fingerprint density at radius 2 is 1.90 bits per heavy atom. The molecule has 0 unspecified atom stereocenters. The summed E-state index contributed by atoms with van der Waals surface area (Å²) in [5.74, 6) is -1.02. The van der Waals surface area contributed by atoms with Gasteiger partial charge in [-0.05, 0) is 55.9 Å². The fraction of sp³-hybridized carbons (Fsp3) is 0.500. The van der Waals surface area contributed by atoms with Crippen LogP contribution in [0.15, 0.2) is 12.1 Å². The SMILES string of the molecule is CCOC(=O)CCc1cc(CCCC(=O)O)c(C)cc1Cl. The van der Waals surface area contributed by atoms with Gasteiger partial charge in [0, 0.05) is 17.9 Å². The van der Waals surface area contributed by atoms with Crippen LogP contribution in [0.1, 0.15) is 42.9 Å². The van der Waals surface area contributed by atoms with Crippen LogP contribution in [0.25, 0.3) is 0 Å². The van der Waals surface area contributed by atoms with Gasteiger partial charge in [0.05, 0.1) is 6.61 Å². The zero-order chi connectivity index (χ0) is 15.8. The van der Waals surface area contributed by atoms with Crippen LogP contribution in [0.4, 0.5) is 0 Å². The van der Waals surface area contributed by atoms with Crippen molar-refractivity contribution in [1.82, 2.24) is 0 Å². The highest BCUT2D eigenvalue weighted by atomic mass is 35.5. The highest BCUT2D eigenvalue weighted by Crippen LogP contribution is 2.24. The molecule has 0 aliphatic rings. The molecule has 0 saturated carbocycles. The van der Waals surface area contributed by atoms with Crippen LogP contribution in [-0.4, -0.2) is 23.7 Å². The minimum Gasteiger partial charge on any atom is -0.481 e. The van der Waals surface area contributed by atoms with Crippen LogP contribution in [0.2, 0.25) is 5.02 Å². The lowest BCUT2D eigenvalue weighted by Gasteiger charge is -2.11. The largest absolute Gasteiger partial charge is 0.481 e. The molecule has 0 aliphatic heterocycles. The van der Waals surface area contributed by atoms with Gasteiger partial charge >= 0.3 is 11.9 Å². The van der Waals surface area contributed by atoms with E-state index < -0.39 is 5.97 Å². The van der Waals surface area contributed by atoms with Gasteiger partial charge in [-0.1, -0.05) is 17.7 Å². The number of hydrogen-bond donors (Lipinski definition) is 1. The maximum absolute atomic E-state index is 11.4. The smallest absolute Gasteiger partial charge is 0.306 e. The summed E-state index contributed by atoms with van der Waals surface area (Å²) in [7, 11) is 0. The van der Waals surface area contributed by atoms with Gasteiger partial charge < -0.3 is 9.84 Å². The fourth-order valence-corrected chi connectivity index (χ4v) is 2.44. The van der Waals surface area contributed by atoms with Gasteiger partial charge in [0.15, 0.2) is 0 Å². The number of carbonyl (C=O) groups excluding carboxylic acids is 1. The first-order valence-corrected chi connectivity index (χ1v) is 7.47. The van der Waals surface area contributed by atoms with Crippen LogP contribution in [0.5, 0.6) is 0 Å². The molecule has 116 valence electrons. The number of aliphatic carboxylic acids is 1. The van der Waals surface area contributed by atoms with Crippen molar-refractivity contribution in [2.75, 3.05) is 6.61 Å². The van der Waals surface area contributed by atoms with Gasteiger partial charge in [-0.15, -0.1) is 0 Å². The molecule has 0 fully saturated rings. The second-order valence-corrected chi connectivity index (χ2v) is 5.33. The minimum absolute atomic E-state index is 0.153. The molecule has 0 atom stereocenters. The molecule has 0 bridgehead atoms. The van der Waals surface area contributed by atoms with Gasteiger partial charge in [-0.25, -0.2) is 0 Å². The van der Waals surface area contributed by atoms with Crippen molar-refractivity contribution in [3.63, 3.8) is 0 Å². The molecule has 5 heteroatoms. The van der Waals surface area contributed by atoms with E-state index in [0.717, 1.165) is 16.7 Å². The predicted octanol–water partition coefficient (Wildman–Crippen LogP) is 3.55. The zero-order valence-electron chi connectivity index (χ0n) is 12.4. The zero-order valence-corrected chi connectivity index (χ0v) is 13.2. The van der Waals surface area contributed by atoms with Gasteiger partial charge in [0.1, 0.15) is 0 Å². The molecule has 0 saturated heterocycles. The number of ether oxygens (including phenoxy) is 1. The van der Waals surface area contributed by atoms with E-state index in [1.165, 1.54) is 0 Å². The summed E-state index contributed by atoms with van der Waals surface area (Å²) < 4.78 is 4.90. The van der Waals surface area contributed by atoms with Gasteiger partial charge in [-0.2, -0.15) is 0 Å². The molecule has 1 aromatic carbocycles. The molecule has 0 amide bonds. The molecule has 1 aromatic rings. The van der Waals surface area contributed by atoms with E-state index in [1.54, 1.807) is 6.92 Å². The van der Waals surface area contributed by atoms with E-state index >= 15 is 0 Å². The summed E-state index contributed by atoms with van der Waals surface area (Å²) in [6, 6.07) is 3.84. The van der Waals surface area contributed by atoms with Crippen molar-refractivity contribution in [1.29, 1.82) is 0 Å². The fourth-order valence-electron chi connectivity index (χ4n) is 2.13. The Morgan fingerprint density at radius 1 is 1.19 bits per heavy atom.